The Morgan fingerprint density at radius 1 is 1.39 bits per heavy atom. The molecule has 0 aromatic carbocycles. The zero-order valence-electron chi connectivity index (χ0n) is 12.4. The van der Waals surface area contributed by atoms with Gasteiger partial charge >= 0.3 is 0 Å². The Kier molecular flexibility index (Phi) is 6.19. The van der Waals surface area contributed by atoms with E-state index in [-0.39, 0.29) is 0 Å². The quantitative estimate of drug-likeness (QED) is 0.724. The van der Waals surface area contributed by atoms with Crippen LogP contribution in [0.15, 0.2) is 0 Å². The van der Waals surface area contributed by atoms with Crippen molar-refractivity contribution in [3.05, 3.63) is 11.3 Å². The maximum Gasteiger partial charge on any atom is 0.216 e. The lowest BCUT2D eigenvalue weighted by molar-refractivity contribution is 0.271. The zero-order valence-corrected chi connectivity index (χ0v) is 12.4. The van der Waals surface area contributed by atoms with Gasteiger partial charge in [-0.25, -0.2) is 4.68 Å². The van der Waals surface area contributed by atoms with E-state index in [2.05, 4.69) is 31.2 Å². The van der Waals surface area contributed by atoms with Crippen LogP contribution >= 0.6 is 0 Å². The molecule has 0 spiro atoms. The monoisotopic (exact) mass is 253 g/mol. The molecule has 1 aromatic heterocycles. The third kappa shape index (κ3) is 4.33. The summed E-state index contributed by atoms with van der Waals surface area (Å²) in [5.74, 6) is 1.65. The summed E-state index contributed by atoms with van der Waals surface area (Å²) < 4.78 is 7.74. The molecule has 0 radical (unpaired) electrons. The van der Waals surface area contributed by atoms with E-state index in [4.69, 9.17) is 4.74 Å². The van der Waals surface area contributed by atoms with Crippen molar-refractivity contribution in [2.24, 2.45) is 13.0 Å². The molecular formula is C14H27N3O. The topological polar surface area (TPSA) is 39.1 Å². The summed E-state index contributed by atoms with van der Waals surface area (Å²) in [6, 6.07) is 0. The van der Waals surface area contributed by atoms with Gasteiger partial charge in [-0.1, -0.05) is 20.8 Å². The van der Waals surface area contributed by atoms with Crippen molar-refractivity contribution >= 4 is 0 Å². The molecular weight excluding hydrogens is 226 g/mol. The Morgan fingerprint density at radius 2 is 2.11 bits per heavy atom. The highest BCUT2D eigenvalue weighted by Gasteiger charge is 2.13. The molecule has 1 rings (SSSR count). The number of aryl methyl sites for hydroxylation is 2. The number of nitrogens with zero attached hydrogens (tertiary/aromatic N) is 2. The second-order valence-corrected chi connectivity index (χ2v) is 5.16. The lowest BCUT2D eigenvalue weighted by atomic mass is 10.1. The number of hydrogen-bond acceptors (Lipinski definition) is 3. The fourth-order valence-electron chi connectivity index (χ4n) is 1.98. The van der Waals surface area contributed by atoms with Gasteiger partial charge in [0.15, 0.2) is 0 Å². The van der Waals surface area contributed by atoms with Crippen LogP contribution in [0.3, 0.4) is 0 Å². The maximum atomic E-state index is 5.90. The van der Waals surface area contributed by atoms with Crippen molar-refractivity contribution in [1.82, 2.24) is 15.1 Å². The molecule has 1 aromatic rings. The van der Waals surface area contributed by atoms with Crippen LogP contribution in [-0.4, -0.2) is 22.9 Å². The Bertz CT molecular complexity index is 358. The van der Waals surface area contributed by atoms with Gasteiger partial charge in [0.25, 0.3) is 0 Å². The van der Waals surface area contributed by atoms with Gasteiger partial charge in [-0.05, 0) is 32.2 Å². The van der Waals surface area contributed by atoms with Gasteiger partial charge in [0.1, 0.15) is 0 Å². The Hall–Kier alpha value is -1.03. The van der Waals surface area contributed by atoms with Gasteiger partial charge in [0.2, 0.25) is 5.88 Å². The number of nitrogens with one attached hydrogen (secondary N) is 1. The second-order valence-electron chi connectivity index (χ2n) is 5.16. The summed E-state index contributed by atoms with van der Waals surface area (Å²) in [5, 5.41) is 7.76. The first-order chi connectivity index (χ1) is 8.56. The standard InChI is InChI=1S/C14H27N3O/c1-6-15-10-13-12(4)16-17(5)14(13)18-9-7-8-11(2)3/h11,15H,6-10H2,1-5H3. The predicted octanol–water partition coefficient (Wildman–Crippen LogP) is 2.65. The molecule has 0 atom stereocenters. The molecule has 0 fully saturated rings. The van der Waals surface area contributed by atoms with Crippen molar-refractivity contribution in [2.75, 3.05) is 13.2 Å². The minimum absolute atomic E-state index is 0.739. The van der Waals surface area contributed by atoms with E-state index in [9.17, 15) is 0 Å². The summed E-state index contributed by atoms with van der Waals surface area (Å²) in [5.41, 5.74) is 2.24. The van der Waals surface area contributed by atoms with E-state index in [1.54, 1.807) is 0 Å². The van der Waals surface area contributed by atoms with Crippen LogP contribution in [-0.2, 0) is 13.6 Å². The molecule has 104 valence electrons. The highest BCUT2D eigenvalue weighted by Crippen LogP contribution is 2.21. The highest BCUT2D eigenvalue weighted by atomic mass is 16.5. The van der Waals surface area contributed by atoms with Crippen LogP contribution in [0.5, 0.6) is 5.88 Å². The van der Waals surface area contributed by atoms with Crippen LogP contribution in [0, 0.1) is 12.8 Å². The average Bonchev–Trinajstić information content (AvgIpc) is 2.56. The van der Waals surface area contributed by atoms with E-state index in [0.717, 1.165) is 43.6 Å². The first-order valence-corrected chi connectivity index (χ1v) is 6.92. The second kappa shape index (κ2) is 7.41. The number of rotatable bonds is 8. The minimum atomic E-state index is 0.739. The normalized spacial score (nSPS) is 11.2. The van der Waals surface area contributed by atoms with E-state index in [0.29, 0.717) is 0 Å². The lowest BCUT2D eigenvalue weighted by Crippen LogP contribution is -2.13. The van der Waals surface area contributed by atoms with Crippen molar-refractivity contribution in [1.29, 1.82) is 0 Å². The smallest absolute Gasteiger partial charge is 0.216 e. The fourth-order valence-corrected chi connectivity index (χ4v) is 1.98. The SMILES string of the molecule is CCNCc1c(C)nn(C)c1OCCCC(C)C. The summed E-state index contributed by atoms with van der Waals surface area (Å²) >= 11 is 0. The van der Waals surface area contributed by atoms with E-state index in [1.807, 2.05) is 18.7 Å². The molecule has 18 heavy (non-hydrogen) atoms. The van der Waals surface area contributed by atoms with Crippen molar-refractivity contribution in [3.63, 3.8) is 0 Å². The van der Waals surface area contributed by atoms with Gasteiger partial charge in [-0.3, -0.25) is 0 Å². The summed E-state index contributed by atoms with van der Waals surface area (Å²) in [7, 11) is 1.94. The molecule has 0 bridgehead atoms. The molecule has 0 unspecified atom stereocenters. The molecule has 0 saturated heterocycles. The average molecular weight is 253 g/mol. The molecule has 4 nitrogen and oxygen atoms in total. The zero-order chi connectivity index (χ0) is 13.5. The molecule has 4 heteroatoms. The Balaban J connectivity index is 2.57. The van der Waals surface area contributed by atoms with E-state index in [1.165, 1.54) is 12.0 Å². The van der Waals surface area contributed by atoms with Gasteiger partial charge in [-0.2, -0.15) is 5.10 Å². The van der Waals surface area contributed by atoms with Crippen LogP contribution in [0.2, 0.25) is 0 Å². The van der Waals surface area contributed by atoms with Crippen molar-refractivity contribution in [3.8, 4) is 5.88 Å². The number of aromatic nitrogens is 2. The van der Waals surface area contributed by atoms with Gasteiger partial charge in [0.05, 0.1) is 17.9 Å². The van der Waals surface area contributed by atoms with Crippen LogP contribution in [0.25, 0.3) is 0 Å². The molecule has 0 aliphatic carbocycles. The number of ether oxygens (including phenoxy) is 1. The van der Waals surface area contributed by atoms with E-state index < -0.39 is 0 Å². The van der Waals surface area contributed by atoms with Crippen molar-refractivity contribution < 1.29 is 4.74 Å². The van der Waals surface area contributed by atoms with Gasteiger partial charge in [-0.15, -0.1) is 0 Å². The first-order valence-electron chi connectivity index (χ1n) is 6.92. The fraction of sp³-hybridized carbons (Fsp3) is 0.786. The summed E-state index contributed by atoms with van der Waals surface area (Å²) in [6.45, 7) is 11.2. The predicted molar refractivity (Wildman–Crippen MR) is 74.9 cm³/mol. The summed E-state index contributed by atoms with van der Waals surface area (Å²) in [4.78, 5) is 0. The van der Waals surface area contributed by atoms with Crippen molar-refractivity contribution in [2.45, 2.75) is 47.1 Å². The molecule has 0 aliphatic rings. The third-order valence-electron chi connectivity index (χ3n) is 3.01. The maximum absolute atomic E-state index is 5.90. The van der Waals surface area contributed by atoms with Crippen LogP contribution < -0.4 is 10.1 Å². The Morgan fingerprint density at radius 3 is 2.72 bits per heavy atom. The lowest BCUT2D eigenvalue weighted by Gasteiger charge is -2.10. The first kappa shape index (κ1) is 15.0. The van der Waals surface area contributed by atoms with Gasteiger partial charge < -0.3 is 10.1 Å². The van der Waals surface area contributed by atoms with Gasteiger partial charge in [0, 0.05) is 13.6 Å². The van der Waals surface area contributed by atoms with Crippen LogP contribution in [0.4, 0.5) is 0 Å². The molecule has 0 aliphatic heterocycles. The number of hydrogen-bond donors (Lipinski definition) is 1. The largest absolute Gasteiger partial charge is 0.478 e. The third-order valence-corrected chi connectivity index (χ3v) is 3.01. The van der Waals surface area contributed by atoms with E-state index >= 15 is 0 Å². The Labute approximate surface area is 111 Å². The molecule has 1 N–H and O–H groups in total. The molecule has 1 heterocycles. The minimum Gasteiger partial charge on any atom is -0.478 e. The molecule has 0 amide bonds. The highest BCUT2D eigenvalue weighted by molar-refractivity contribution is 5.30. The summed E-state index contributed by atoms with van der Waals surface area (Å²) in [6.07, 6.45) is 2.31. The molecule has 0 saturated carbocycles. The van der Waals surface area contributed by atoms with Crippen LogP contribution in [0.1, 0.15) is 44.9 Å².